The molecule has 90 valence electrons. The van der Waals surface area contributed by atoms with Gasteiger partial charge in [-0.05, 0) is 53.5 Å². The van der Waals surface area contributed by atoms with Crippen molar-refractivity contribution >= 4 is 0 Å². The van der Waals surface area contributed by atoms with Crippen molar-refractivity contribution < 1.29 is 0 Å². The molecule has 0 spiro atoms. The molecular formula is C12H27N3. The lowest BCUT2D eigenvalue weighted by molar-refractivity contribution is 0.197. The zero-order chi connectivity index (χ0) is 11.3. The molecule has 1 unspecified atom stereocenters. The summed E-state index contributed by atoms with van der Waals surface area (Å²) in [6, 6.07) is 1.38. The molecule has 0 aromatic carbocycles. The summed E-state index contributed by atoms with van der Waals surface area (Å²) in [7, 11) is 4.29. The molecule has 1 saturated heterocycles. The van der Waals surface area contributed by atoms with Gasteiger partial charge in [-0.2, -0.15) is 0 Å². The van der Waals surface area contributed by atoms with Gasteiger partial charge in [0.2, 0.25) is 0 Å². The Balaban J connectivity index is 2.13. The normalized spacial score (nSPS) is 22.2. The van der Waals surface area contributed by atoms with Gasteiger partial charge in [0.1, 0.15) is 0 Å². The minimum absolute atomic E-state index is 0.634. The lowest BCUT2D eigenvalue weighted by atomic mass is 10.0. The van der Waals surface area contributed by atoms with E-state index in [9.17, 15) is 0 Å². The third kappa shape index (κ3) is 4.49. The standard InChI is InChI=1S/C12H27N3/c1-5-15-8-6-12(7-9-15)13-10-11(2)14(3)4/h11-13H,5-10H2,1-4H3. The smallest absolute Gasteiger partial charge is 0.0186 e. The maximum absolute atomic E-state index is 3.68. The Labute approximate surface area is 94.8 Å². The highest BCUT2D eigenvalue weighted by atomic mass is 15.1. The summed E-state index contributed by atoms with van der Waals surface area (Å²) in [6.07, 6.45) is 2.63. The third-order valence-electron chi connectivity index (χ3n) is 3.62. The van der Waals surface area contributed by atoms with E-state index in [2.05, 4.69) is 43.1 Å². The van der Waals surface area contributed by atoms with Gasteiger partial charge in [-0.25, -0.2) is 0 Å². The largest absolute Gasteiger partial charge is 0.312 e. The fraction of sp³-hybridized carbons (Fsp3) is 1.00. The molecule has 3 nitrogen and oxygen atoms in total. The van der Waals surface area contributed by atoms with Gasteiger partial charge < -0.3 is 15.1 Å². The van der Waals surface area contributed by atoms with Gasteiger partial charge in [0.25, 0.3) is 0 Å². The zero-order valence-electron chi connectivity index (χ0n) is 10.8. The van der Waals surface area contributed by atoms with Gasteiger partial charge in [0, 0.05) is 18.6 Å². The van der Waals surface area contributed by atoms with E-state index in [1.54, 1.807) is 0 Å². The first kappa shape index (κ1) is 12.9. The van der Waals surface area contributed by atoms with Crippen molar-refractivity contribution in [2.75, 3.05) is 40.3 Å². The molecule has 0 aromatic heterocycles. The fourth-order valence-electron chi connectivity index (χ4n) is 1.97. The van der Waals surface area contributed by atoms with E-state index in [1.165, 1.54) is 32.5 Å². The molecule has 1 N–H and O–H groups in total. The van der Waals surface area contributed by atoms with Crippen LogP contribution in [0.25, 0.3) is 0 Å². The minimum atomic E-state index is 0.634. The molecule has 0 radical (unpaired) electrons. The Morgan fingerprint density at radius 2 is 1.93 bits per heavy atom. The molecule has 1 atom stereocenters. The molecule has 0 saturated carbocycles. The zero-order valence-corrected chi connectivity index (χ0v) is 10.8. The van der Waals surface area contributed by atoms with Crippen LogP contribution in [-0.2, 0) is 0 Å². The summed E-state index contributed by atoms with van der Waals surface area (Å²) >= 11 is 0. The van der Waals surface area contributed by atoms with Crippen LogP contribution in [0.1, 0.15) is 26.7 Å². The quantitative estimate of drug-likeness (QED) is 0.735. The lowest BCUT2D eigenvalue weighted by Gasteiger charge is -2.32. The molecule has 1 rings (SSSR count). The number of piperidine rings is 1. The first-order chi connectivity index (χ1) is 7.13. The van der Waals surface area contributed by atoms with Crippen molar-refractivity contribution in [2.45, 2.75) is 38.8 Å². The number of likely N-dealkylation sites (tertiary alicyclic amines) is 1. The van der Waals surface area contributed by atoms with Crippen LogP contribution in [0.3, 0.4) is 0 Å². The Morgan fingerprint density at radius 3 is 2.40 bits per heavy atom. The van der Waals surface area contributed by atoms with Gasteiger partial charge in [-0.1, -0.05) is 6.92 Å². The topological polar surface area (TPSA) is 18.5 Å². The minimum Gasteiger partial charge on any atom is -0.312 e. The molecule has 1 fully saturated rings. The maximum atomic E-state index is 3.68. The van der Waals surface area contributed by atoms with Crippen molar-refractivity contribution in [3.63, 3.8) is 0 Å². The van der Waals surface area contributed by atoms with E-state index in [4.69, 9.17) is 0 Å². The number of nitrogens with one attached hydrogen (secondary N) is 1. The van der Waals surface area contributed by atoms with Crippen molar-refractivity contribution in [1.82, 2.24) is 15.1 Å². The number of hydrogen-bond donors (Lipinski definition) is 1. The average molecular weight is 213 g/mol. The Bertz CT molecular complexity index is 162. The first-order valence-electron chi connectivity index (χ1n) is 6.25. The van der Waals surface area contributed by atoms with Crippen LogP contribution in [0.2, 0.25) is 0 Å². The second-order valence-electron chi connectivity index (χ2n) is 4.93. The molecule has 0 aromatic rings. The second kappa shape index (κ2) is 6.46. The van der Waals surface area contributed by atoms with Crippen LogP contribution in [-0.4, -0.2) is 62.2 Å². The predicted octanol–water partition coefficient (Wildman–Crippen LogP) is 1.01. The van der Waals surface area contributed by atoms with Gasteiger partial charge in [0.15, 0.2) is 0 Å². The van der Waals surface area contributed by atoms with Crippen molar-refractivity contribution in [2.24, 2.45) is 0 Å². The van der Waals surface area contributed by atoms with Crippen LogP contribution in [0.5, 0.6) is 0 Å². The van der Waals surface area contributed by atoms with Crippen LogP contribution in [0, 0.1) is 0 Å². The first-order valence-corrected chi connectivity index (χ1v) is 6.25. The predicted molar refractivity (Wildman–Crippen MR) is 66.3 cm³/mol. The summed E-state index contributed by atoms with van der Waals surface area (Å²) in [5.41, 5.74) is 0. The van der Waals surface area contributed by atoms with Crippen LogP contribution in [0.4, 0.5) is 0 Å². The fourth-order valence-corrected chi connectivity index (χ4v) is 1.97. The highest BCUT2D eigenvalue weighted by molar-refractivity contribution is 4.78. The van der Waals surface area contributed by atoms with E-state index in [0.717, 1.165) is 12.6 Å². The molecule has 1 aliphatic heterocycles. The average Bonchev–Trinajstić information content (AvgIpc) is 2.26. The molecular weight excluding hydrogens is 186 g/mol. The number of rotatable bonds is 5. The highest BCUT2D eigenvalue weighted by Gasteiger charge is 2.18. The van der Waals surface area contributed by atoms with E-state index in [0.29, 0.717) is 6.04 Å². The van der Waals surface area contributed by atoms with Crippen molar-refractivity contribution in [3.05, 3.63) is 0 Å². The Kier molecular flexibility index (Phi) is 5.58. The van der Waals surface area contributed by atoms with Gasteiger partial charge in [0.05, 0.1) is 0 Å². The van der Waals surface area contributed by atoms with E-state index in [1.807, 2.05) is 0 Å². The van der Waals surface area contributed by atoms with Crippen LogP contribution < -0.4 is 5.32 Å². The molecule has 0 aliphatic carbocycles. The Morgan fingerprint density at radius 1 is 1.33 bits per heavy atom. The second-order valence-corrected chi connectivity index (χ2v) is 4.93. The SMILES string of the molecule is CCN1CCC(NCC(C)N(C)C)CC1. The van der Waals surface area contributed by atoms with Crippen LogP contribution >= 0.6 is 0 Å². The molecule has 0 bridgehead atoms. The number of hydrogen-bond acceptors (Lipinski definition) is 3. The summed E-state index contributed by atoms with van der Waals surface area (Å²) in [5.74, 6) is 0. The summed E-state index contributed by atoms with van der Waals surface area (Å²) in [6.45, 7) is 9.38. The molecule has 0 amide bonds. The van der Waals surface area contributed by atoms with Gasteiger partial charge >= 0.3 is 0 Å². The van der Waals surface area contributed by atoms with Gasteiger partial charge in [-0.15, -0.1) is 0 Å². The summed E-state index contributed by atoms with van der Waals surface area (Å²) < 4.78 is 0. The summed E-state index contributed by atoms with van der Waals surface area (Å²) in [5, 5.41) is 3.68. The molecule has 3 heteroatoms. The molecule has 15 heavy (non-hydrogen) atoms. The number of nitrogens with zero attached hydrogens (tertiary/aromatic N) is 2. The summed E-state index contributed by atoms with van der Waals surface area (Å²) in [4.78, 5) is 4.81. The molecule has 1 heterocycles. The van der Waals surface area contributed by atoms with E-state index in [-0.39, 0.29) is 0 Å². The molecule has 1 aliphatic rings. The number of likely N-dealkylation sites (N-methyl/N-ethyl adjacent to an activating group) is 1. The van der Waals surface area contributed by atoms with Crippen LogP contribution in [0.15, 0.2) is 0 Å². The monoisotopic (exact) mass is 213 g/mol. The third-order valence-corrected chi connectivity index (χ3v) is 3.62. The lowest BCUT2D eigenvalue weighted by Crippen LogP contribution is -2.46. The van der Waals surface area contributed by atoms with Crippen molar-refractivity contribution in [1.29, 1.82) is 0 Å². The maximum Gasteiger partial charge on any atom is 0.0186 e. The van der Waals surface area contributed by atoms with E-state index < -0.39 is 0 Å². The highest BCUT2D eigenvalue weighted by Crippen LogP contribution is 2.09. The Hall–Kier alpha value is -0.120. The van der Waals surface area contributed by atoms with E-state index >= 15 is 0 Å². The van der Waals surface area contributed by atoms with Gasteiger partial charge in [-0.3, -0.25) is 0 Å². The van der Waals surface area contributed by atoms with Crippen molar-refractivity contribution in [3.8, 4) is 0 Å².